The van der Waals surface area contributed by atoms with Gasteiger partial charge in [0.2, 0.25) is 18.2 Å². The van der Waals surface area contributed by atoms with Crippen LogP contribution in [0.5, 0.6) is 0 Å². The van der Waals surface area contributed by atoms with E-state index in [4.69, 9.17) is 24.3 Å². The number of carbonyl (C=O) groups is 3. The summed E-state index contributed by atoms with van der Waals surface area (Å²) in [5.74, 6) is 1.22. The number of imidazole rings is 2. The molecule has 4 heterocycles. The molecule has 306 valence electrons. The first-order valence-corrected chi connectivity index (χ1v) is 19.9. The molecule has 2 aliphatic rings. The van der Waals surface area contributed by atoms with Crippen molar-refractivity contribution in [2.24, 2.45) is 10.9 Å². The molecule has 0 saturated carbocycles. The van der Waals surface area contributed by atoms with Crippen molar-refractivity contribution in [3.05, 3.63) is 72.4 Å². The minimum atomic E-state index is -0.895. The SMILES string of the molecule is CC[C@H](C)[C@H](/N=C\OOC)C(=O)N1CCC[C@H]1c1nc2cc(-c3ccc4cc(-c5c[nH]c([C@@H]6CCCN6C(=O)[C@@H](NC(=O)OC)[C@@H](C)OC)n5)ccc4c3)ccc2[nH]1. The Kier molecular flexibility index (Phi) is 12.4. The molecule has 3 amide bonds. The maximum atomic E-state index is 13.8. The fourth-order valence-electron chi connectivity index (χ4n) is 8.09. The van der Waals surface area contributed by atoms with E-state index in [1.165, 1.54) is 27.7 Å². The zero-order chi connectivity index (χ0) is 40.9. The Bertz CT molecular complexity index is 2290. The highest BCUT2D eigenvalue weighted by atomic mass is 17.2. The fraction of sp³-hybridized carbons (Fsp3) is 0.442. The minimum absolute atomic E-state index is 0.0335. The Labute approximate surface area is 337 Å². The molecule has 2 saturated heterocycles. The minimum Gasteiger partial charge on any atom is -0.453 e. The number of aromatic nitrogens is 4. The van der Waals surface area contributed by atoms with Crippen molar-refractivity contribution < 1.29 is 33.6 Å². The summed E-state index contributed by atoms with van der Waals surface area (Å²) in [7, 11) is 4.17. The summed E-state index contributed by atoms with van der Waals surface area (Å²) in [4.78, 5) is 73.8. The number of fused-ring (bicyclic) bond motifs is 2. The highest BCUT2D eigenvalue weighted by Crippen LogP contribution is 2.36. The standard InChI is InChI=1S/C43H52N8O7/c1-7-25(2)37(45-24-58-57-6)41(52)51-19-9-11-36(51)40-46-32-17-16-30(22-33(32)47-40)28-12-13-29-21-31(15-14-27(29)20-28)34-23-44-39(48-34)35-10-8-18-50(35)42(53)38(26(3)55-4)49-43(54)56-5/h12-17,20-26,35-38H,7-11,18-19H2,1-6H3,(H,44,48)(H,46,47)(H,49,54)/b45-24-/t25-,26+,35-,36-,37-,38-/m0/s1. The molecule has 3 aromatic carbocycles. The lowest BCUT2D eigenvalue weighted by atomic mass is 9.98. The van der Waals surface area contributed by atoms with Crippen LogP contribution in [0.2, 0.25) is 0 Å². The number of benzene rings is 3. The van der Waals surface area contributed by atoms with Crippen LogP contribution in [-0.2, 0) is 28.8 Å². The van der Waals surface area contributed by atoms with Crippen LogP contribution >= 0.6 is 0 Å². The summed E-state index contributed by atoms with van der Waals surface area (Å²) in [6.45, 7) is 7.00. The molecule has 3 N–H and O–H groups in total. The first kappa shape index (κ1) is 40.4. The molecule has 2 aromatic heterocycles. The molecule has 7 rings (SSSR count). The van der Waals surface area contributed by atoms with Crippen LogP contribution in [0, 0.1) is 5.92 Å². The number of hydrogen-bond acceptors (Lipinski definition) is 10. The second-order valence-corrected chi connectivity index (χ2v) is 15.1. The zero-order valence-electron chi connectivity index (χ0n) is 33.9. The third-order valence-electron chi connectivity index (χ3n) is 11.6. The molecule has 0 radical (unpaired) electrons. The van der Waals surface area contributed by atoms with Crippen molar-refractivity contribution >= 4 is 46.1 Å². The van der Waals surface area contributed by atoms with Crippen LogP contribution in [0.3, 0.4) is 0 Å². The average molecular weight is 793 g/mol. The van der Waals surface area contributed by atoms with Crippen LogP contribution in [0.4, 0.5) is 4.79 Å². The van der Waals surface area contributed by atoms with Gasteiger partial charge in [-0.25, -0.2) is 19.8 Å². The van der Waals surface area contributed by atoms with Crippen molar-refractivity contribution in [2.45, 2.75) is 83.1 Å². The lowest BCUT2D eigenvalue weighted by Gasteiger charge is -2.30. The number of aliphatic imine (C=N–C) groups is 1. The van der Waals surface area contributed by atoms with Crippen LogP contribution in [0.15, 0.2) is 65.8 Å². The predicted octanol–water partition coefficient (Wildman–Crippen LogP) is 6.88. The Balaban J connectivity index is 1.07. The number of ether oxygens (including phenoxy) is 2. The summed E-state index contributed by atoms with van der Waals surface area (Å²) in [6, 6.07) is 17.0. The fourth-order valence-corrected chi connectivity index (χ4v) is 8.09. The van der Waals surface area contributed by atoms with Crippen molar-refractivity contribution in [1.82, 2.24) is 35.1 Å². The van der Waals surface area contributed by atoms with Gasteiger partial charge in [0.05, 0.1) is 49.1 Å². The molecule has 0 bridgehead atoms. The topological polar surface area (TPSA) is 176 Å². The second kappa shape index (κ2) is 17.8. The van der Waals surface area contributed by atoms with E-state index in [2.05, 4.69) is 73.7 Å². The van der Waals surface area contributed by atoms with Crippen molar-refractivity contribution in [2.75, 3.05) is 34.4 Å². The zero-order valence-corrected chi connectivity index (χ0v) is 33.9. The van der Waals surface area contributed by atoms with Gasteiger partial charge in [-0.3, -0.25) is 9.59 Å². The number of likely N-dealkylation sites (tertiary alicyclic amines) is 2. The number of hydrogen-bond donors (Lipinski definition) is 3. The van der Waals surface area contributed by atoms with E-state index in [0.29, 0.717) is 18.9 Å². The van der Waals surface area contributed by atoms with Gasteiger partial charge in [-0.1, -0.05) is 50.6 Å². The third-order valence-corrected chi connectivity index (χ3v) is 11.6. The molecule has 2 fully saturated rings. The number of amides is 3. The highest BCUT2D eigenvalue weighted by molar-refractivity contribution is 5.92. The van der Waals surface area contributed by atoms with Crippen LogP contribution in [0.25, 0.3) is 44.2 Å². The number of alkyl carbamates (subject to hydrolysis) is 1. The monoisotopic (exact) mass is 792 g/mol. The maximum Gasteiger partial charge on any atom is 0.407 e. The average Bonchev–Trinajstić information content (AvgIpc) is 4.09. The molecule has 15 heteroatoms. The van der Waals surface area contributed by atoms with Crippen LogP contribution < -0.4 is 5.32 Å². The van der Waals surface area contributed by atoms with Crippen molar-refractivity contribution in [3.8, 4) is 22.4 Å². The largest absolute Gasteiger partial charge is 0.453 e. The number of methoxy groups -OCH3 is 2. The van der Waals surface area contributed by atoms with E-state index in [1.54, 1.807) is 11.8 Å². The van der Waals surface area contributed by atoms with E-state index in [9.17, 15) is 14.4 Å². The molecule has 0 unspecified atom stereocenters. The van der Waals surface area contributed by atoms with Gasteiger partial charge in [0, 0.05) is 32.0 Å². The van der Waals surface area contributed by atoms with Gasteiger partial charge in [0.25, 0.3) is 0 Å². The van der Waals surface area contributed by atoms with E-state index in [1.807, 2.05) is 31.0 Å². The predicted molar refractivity (Wildman–Crippen MR) is 220 cm³/mol. The van der Waals surface area contributed by atoms with Gasteiger partial charge in [-0.15, -0.1) is 0 Å². The number of nitrogens with one attached hydrogen (secondary N) is 3. The molecule has 5 aromatic rings. The molecule has 6 atom stereocenters. The Morgan fingerprint density at radius 1 is 0.879 bits per heavy atom. The summed E-state index contributed by atoms with van der Waals surface area (Å²) >= 11 is 0. The highest BCUT2D eigenvalue weighted by Gasteiger charge is 2.39. The number of nitrogens with zero attached hydrogens (tertiary/aromatic N) is 5. The van der Waals surface area contributed by atoms with E-state index in [0.717, 1.165) is 82.1 Å². The van der Waals surface area contributed by atoms with E-state index in [-0.39, 0.29) is 29.8 Å². The summed E-state index contributed by atoms with van der Waals surface area (Å²) in [5.41, 5.74) is 5.59. The van der Waals surface area contributed by atoms with Crippen molar-refractivity contribution in [1.29, 1.82) is 0 Å². The number of carbonyl (C=O) groups excluding carboxylic acids is 3. The molecular weight excluding hydrogens is 741 g/mol. The molecule has 58 heavy (non-hydrogen) atoms. The van der Waals surface area contributed by atoms with Gasteiger partial charge >= 0.3 is 6.09 Å². The first-order chi connectivity index (χ1) is 28.1. The van der Waals surface area contributed by atoms with E-state index >= 15 is 0 Å². The van der Waals surface area contributed by atoms with Crippen molar-refractivity contribution in [3.63, 3.8) is 0 Å². The van der Waals surface area contributed by atoms with Gasteiger partial charge in [-0.05, 0) is 84.7 Å². The number of aromatic amines is 2. The second-order valence-electron chi connectivity index (χ2n) is 15.1. The Hall–Kier alpha value is -5.80. The quantitative estimate of drug-likeness (QED) is 0.0468. The Morgan fingerprint density at radius 2 is 1.53 bits per heavy atom. The number of H-pyrrole nitrogens is 2. The molecule has 0 aliphatic carbocycles. The summed E-state index contributed by atoms with van der Waals surface area (Å²) in [6.07, 6.45) is 5.90. The van der Waals surface area contributed by atoms with Crippen LogP contribution in [-0.4, -0.2) is 107 Å². The smallest absolute Gasteiger partial charge is 0.407 e. The number of rotatable bonds is 14. The van der Waals surface area contributed by atoms with Gasteiger partial charge in [0.15, 0.2) is 0 Å². The van der Waals surface area contributed by atoms with Gasteiger partial charge in [0.1, 0.15) is 23.7 Å². The third kappa shape index (κ3) is 8.27. The maximum absolute atomic E-state index is 13.8. The van der Waals surface area contributed by atoms with E-state index < -0.39 is 24.3 Å². The van der Waals surface area contributed by atoms with Crippen LogP contribution in [0.1, 0.15) is 76.6 Å². The molecular formula is C43H52N8O7. The molecule has 2 aliphatic heterocycles. The first-order valence-electron chi connectivity index (χ1n) is 19.9. The Morgan fingerprint density at radius 3 is 2.22 bits per heavy atom. The van der Waals surface area contributed by atoms with Gasteiger partial charge < -0.3 is 39.4 Å². The lowest BCUT2D eigenvalue weighted by Crippen LogP contribution is -2.54. The normalized spacial score (nSPS) is 19.1. The summed E-state index contributed by atoms with van der Waals surface area (Å²) in [5, 5.41) is 4.78. The molecule has 0 spiro atoms. The molecule has 15 nitrogen and oxygen atoms in total. The lowest BCUT2D eigenvalue weighted by molar-refractivity contribution is -0.188. The van der Waals surface area contributed by atoms with Gasteiger partial charge in [-0.2, -0.15) is 4.89 Å². The summed E-state index contributed by atoms with van der Waals surface area (Å²) < 4.78 is 10.2.